The third-order valence-corrected chi connectivity index (χ3v) is 5.11. The van der Waals surface area contributed by atoms with E-state index >= 15 is 0 Å². The Hall–Kier alpha value is -2.86. The van der Waals surface area contributed by atoms with Crippen molar-refractivity contribution in [1.82, 2.24) is 4.98 Å². The van der Waals surface area contributed by atoms with Gasteiger partial charge in [0.25, 0.3) is 0 Å². The molecule has 0 unspecified atom stereocenters. The van der Waals surface area contributed by atoms with Crippen molar-refractivity contribution in [3.05, 3.63) is 59.5 Å². The Labute approximate surface area is 170 Å². The maximum absolute atomic E-state index is 5.82. The molecule has 0 atom stereocenters. The van der Waals surface area contributed by atoms with Crippen LogP contribution in [0.5, 0.6) is 5.75 Å². The Morgan fingerprint density at radius 2 is 1.89 bits per heavy atom. The minimum atomic E-state index is 0.614. The second kappa shape index (κ2) is 9.90. The van der Waals surface area contributed by atoms with Gasteiger partial charge in [-0.05, 0) is 32.9 Å². The van der Waals surface area contributed by atoms with Crippen molar-refractivity contribution in [2.45, 2.75) is 20.8 Å². The summed E-state index contributed by atoms with van der Waals surface area (Å²) >= 11 is 1.53. The lowest BCUT2D eigenvalue weighted by atomic mass is 10.2. The molecule has 6 heteroatoms. The van der Waals surface area contributed by atoms with Gasteiger partial charge in [0.2, 0.25) is 5.13 Å². The van der Waals surface area contributed by atoms with Crippen LogP contribution in [0.2, 0.25) is 0 Å². The van der Waals surface area contributed by atoms with Gasteiger partial charge in [0.1, 0.15) is 5.75 Å². The molecule has 28 heavy (non-hydrogen) atoms. The predicted molar refractivity (Wildman–Crippen MR) is 120 cm³/mol. The summed E-state index contributed by atoms with van der Waals surface area (Å²) in [6, 6.07) is 16.3. The van der Waals surface area contributed by atoms with Crippen molar-refractivity contribution in [3.63, 3.8) is 0 Å². The number of nitrogens with one attached hydrogen (secondary N) is 1. The summed E-state index contributed by atoms with van der Waals surface area (Å²) in [5.74, 6) is 0.835. The number of benzene rings is 2. The molecule has 3 rings (SSSR count). The zero-order valence-corrected chi connectivity index (χ0v) is 17.4. The van der Waals surface area contributed by atoms with Crippen LogP contribution in [0.25, 0.3) is 11.3 Å². The molecule has 1 aromatic heterocycles. The van der Waals surface area contributed by atoms with E-state index in [-0.39, 0.29) is 0 Å². The van der Waals surface area contributed by atoms with Gasteiger partial charge in [-0.2, -0.15) is 5.10 Å². The molecule has 146 valence electrons. The van der Waals surface area contributed by atoms with Crippen molar-refractivity contribution in [2.24, 2.45) is 5.10 Å². The number of ether oxygens (including phenoxy) is 1. The Morgan fingerprint density at radius 1 is 1.11 bits per heavy atom. The maximum Gasteiger partial charge on any atom is 0.203 e. The lowest BCUT2D eigenvalue weighted by Crippen LogP contribution is -2.21. The molecule has 0 saturated carbocycles. The van der Waals surface area contributed by atoms with E-state index in [0.717, 1.165) is 46.5 Å². The summed E-state index contributed by atoms with van der Waals surface area (Å²) < 4.78 is 5.82. The first-order valence-corrected chi connectivity index (χ1v) is 10.4. The summed E-state index contributed by atoms with van der Waals surface area (Å²) in [4.78, 5) is 6.88. The number of anilines is 2. The molecule has 1 heterocycles. The molecule has 0 aliphatic heterocycles. The van der Waals surface area contributed by atoms with Crippen LogP contribution >= 0.6 is 11.3 Å². The van der Waals surface area contributed by atoms with Gasteiger partial charge in [-0.15, -0.1) is 11.3 Å². The van der Waals surface area contributed by atoms with Gasteiger partial charge in [0, 0.05) is 41.4 Å². The van der Waals surface area contributed by atoms with Gasteiger partial charge in [-0.1, -0.05) is 30.3 Å². The molecular weight excluding hydrogens is 368 g/mol. The first-order chi connectivity index (χ1) is 13.7. The second-order valence-corrected chi connectivity index (χ2v) is 6.96. The Bertz CT molecular complexity index is 904. The molecular formula is C22H26N4OS. The molecule has 2 aromatic carbocycles. The first kappa shape index (κ1) is 19.9. The van der Waals surface area contributed by atoms with Crippen LogP contribution in [0.4, 0.5) is 10.8 Å². The summed E-state index contributed by atoms with van der Waals surface area (Å²) in [7, 11) is 0. The largest absolute Gasteiger partial charge is 0.493 e. The highest BCUT2D eigenvalue weighted by Gasteiger charge is 2.08. The molecule has 0 aliphatic carbocycles. The molecule has 0 aliphatic rings. The van der Waals surface area contributed by atoms with E-state index in [1.54, 1.807) is 6.21 Å². The van der Waals surface area contributed by atoms with E-state index in [9.17, 15) is 0 Å². The van der Waals surface area contributed by atoms with Crippen LogP contribution in [0.15, 0.2) is 59.0 Å². The SMILES string of the molecule is CCOc1cc(N(CC)CC)ccc1C=NNc1nc(-c2ccccc2)cs1. The number of thiazole rings is 1. The van der Waals surface area contributed by atoms with Crippen molar-refractivity contribution in [1.29, 1.82) is 0 Å². The molecule has 0 fully saturated rings. The second-order valence-electron chi connectivity index (χ2n) is 6.10. The standard InChI is InChI=1S/C22H26N4OS/c1-4-26(5-2)19-13-12-18(21(14-19)27-6-3)15-23-25-22-24-20(16-28-22)17-10-8-7-9-11-17/h7-16H,4-6H2,1-3H3,(H,24,25). The summed E-state index contributed by atoms with van der Waals surface area (Å²) in [6.07, 6.45) is 1.78. The van der Waals surface area contributed by atoms with Gasteiger partial charge in [-0.3, -0.25) is 5.43 Å². The van der Waals surface area contributed by atoms with Crippen LogP contribution in [-0.2, 0) is 0 Å². The van der Waals surface area contributed by atoms with Gasteiger partial charge < -0.3 is 9.64 Å². The minimum absolute atomic E-state index is 0.614. The van der Waals surface area contributed by atoms with Gasteiger partial charge in [-0.25, -0.2) is 4.98 Å². The zero-order valence-electron chi connectivity index (χ0n) is 16.6. The van der Waals surface area contributed by atoms with E-state index in [2.05, 4.69) is 46.4 Å². The number of aromatic nitrogens is 1. The Balaban J connectivity index is 1.72. The van der Waals surface area contributed by atoms with E-state index in [1.807, 2.05) is 48.7 Å². The number of nitrogens with zero attached hydrogens (tertiary/aromatic N) is 3. The molecule has 0 radical (unpaired) electrons. The fourth-order valence-electron chi connectivity index (χ4n) is 2.92. The topological polar surface area (TPSA) is 49.8 Å². The molecule has 0 spiro atoms. The van der Waals surface area contributed by atoms with Crippen molar-refractivity contribution >= 4 is 28.4 Å². The summed E-state index contributed by atoms with van der Waals surface area (Å²) in [6.45, 7) is 8.84. The van der Waals surface area contributed by atoms with E-state index < -0.39 is 0 Å². The van der Waals surface area contributed by atoms with Crippen LogP contribution in [0.1, 0.15) is 26.3 Å². The fourth-order valence-corrected chi connectivity index (χ4v) is 3.59. The quantitative estimate of drug-likeness (QED) is 0.384. The lowest BCUT2D eigenvalue weighted by molar-refractivity contribution is 0.340. The van der Waals surface area contributed by atoms with Gasteiger partial charge >= 0.3 is 0 Å². The maximum atomic E-state index is 5.82. The zero-order chi connectivity index (χ0) is 19.8. The molecule has 3 aromatic rings. The normalized spacial score (nSPS) is 11.0. The molecule has 0 amide bonds. The monoisotopic (exact) mass is 394 g/mol. The average molecular weight is 395 g/mol. The number of hydrogen-bond acceptors (Lipinski definition) is 6. The minimum Gasteiger partial charge on any atom is -0.493 e. The van der Waals surface area contributed by atoms with E-state index in [0.29, 0.717) is 6.61 Å². The van der Waals surface area contributed by atoms with E-state index in [1.165, 1.54) is 11.3 Å². The Morgan fingerprint density at radius 3 is 2.61 bits per heavy atom. The van der Waals surface area contributed by atoms with Crippen LogP contribution in [0.3, 0.4) is 0 Å². The molecule has 0 bridgehead atoms. The summed E-state index contributed by atoms with van der Waals surface area (Å²) in [5, 5.41) is 7.14. The number of hydrazone groups is 1. The molecule has 0 saturated heterocycles. The van der Waals surface area contributed by atoms with Crippen molar-refractivity contribution < 1.29 is 4.74 Å². The first-order valence-electron chi connectivity index (χ1n) is 9.57. The fraction of sp³-hybridized carbons (Fsp3) is 0.273. The number of hydrogen-bond donors (Lipinski definition) is 1. The molecule has 5 nitrogen and oxygen atoms in total. The predicted octanol–water partition coefficient (Wildman–Crippen LogP) is 5.50. The Kier molecular flexibility index (Phi) is 7.03. The lowest BCUT2D eigenvalue weighted by Gasteiger charge is -2.22. The summed E-state index contributed by atoms with van der Waals surface area (Å²) in [5.41, 5.74) is 7.16. The highest BCUT2D eigenvalue weighted by molar-refractivity contribution is 7.14. The van der Waals surface area contributed by atoms with Crippen LogP contribution < -0.4 is 15.1 Å². The number of rotatable bonds is 9. The van der Waals surface area contributed by atoms with Crippen molar-refractivity contribution in [3.8, 4) is 17.0 Å². The van der Waals surface area contributed by atoms with Crippen LogP contribution in [0, 0.1) is 0 Å². The average Bonchev–Trinajstić information content (AvgIpc) is 3.20. The van der Waals surface area contributed by atoms with E-state index in [4.69, 9.17) is 4.74 Å². The van der Waals surface area contributed by atoms with Gasteiger partial charge in [0.05, 0.1) is 18.5 Å². The highest BCUT2D eigenvalue weighted by atomic mass is 32.1. The highest BCUT2D eigenvalue weighted by Crippen LogP contribution is 2.26. The van der Waals surface area contributed by atoms with Crippen molar-refractivity contribution in [2.75, 3.05) is 30.0 Å². The van der Waals surface area contributed by atoms with Crippen LogP contribution in [-0.4, -0.2) is 30.9 Å². The third-order valence-electron chi connectivity index (χ3n) is 4.36. The molecule has 1 N–H and O–H groups in total. The van der Waals surface area contributed by atoms with Gasteiger partial charge in [0.15, 0.2) is 0 Å². The smallest absolute Gasteiger partial charge is 0.203 e. The third kappa shape index (κ3) is 4.89.